The van der Waals surface area contributed by atoms with E-state index in [1.54, 1.807) is 16.7 Å². The number of benzene rings is 1. The van der Waals surface area contributed by atoms with Gasteiger partial charge in [-0.2, -0.15) is 0 Å². The fourth-order valence-corrected chi connectivity index (χ4v) is 2.82. The number of hydrogen-bond acceptors (Lipinski definition) is 3. The van der Waals surface area contributed by atoms with Gasteiger partial charge in [-0.1, -0.05) is 13.3 Å². The molecule has 140 valence electrons. The van der Waals surface area contributed by atoms with Crippen LogP contribution in [0.2, 0.25) is 0 Å². The molecule has 0 spiro atoms. The number of amides is 2. The van der Waals surface area contributed by atoms with E-state index in [9.17, 15) is 9.59 Å². The van der Waals surface area contributed by atoms with Crippen LogP contribution in [-0.2, 0) is 9.59 Å². The number of rotatable bonds is 10. The largest absolute Gasteiger partial charge is 0.372 e. The predicted molar refractivity (Wildman–Crippen MR) is 105 cm³/mol. The first kappa shape index (κ1) is 21.0. The number of anilines is 2. The Kier molecular flexibility index (Phi) is 9.03. The van der Waals surface area contributed by atoms with Crippen molar-refractivity contribution in [2.45, 2.75) is 47.0 Å². The van der Waals surface area contributed by atoms with Crippen molar-refractivity contribution in [3.05, 3.63) is 24.3 Å². The van der Waals surface area contributed by atoms with Gasteiger partial charge in [0.05, 0.1) is 0 Å². The molecule has 0 N–H and O–H groups in total. The fraction of sp³-hybridized carbons (Fsp3) is 0.600. The van der Waals surface area contributed by atoms with E-state index in [0.717, 1.165) is 43.9 Å². The maximum Gasteiger partial charge on any atom is 0.224 e. The Morgan fingerprint density at radius 3 is 1.96 bits per heavy atom. The lowest BCUT2D eigenvalue weighted by Gasteiger charge is -2.25. The van der Waals surface area contributed by atoms with Crippen molar-refractivity contribution in [2.24, 2.45) is 0 Å². The highest BCUT2D eigenvalue weighted by atomic mass is 16.2. The molecule has 0 aliphatic heterocycles. The minimum Gasteiger partial charge on any atom is -0.372 e. The van der Waals surface area contributed by atoms with Crippen LogP contribution < -0.4 is 9.80 Å². The third-order valence-corrected chi connectivity index (χ3v) is 4.49. The molecule has 0 radical (unpaired) electrons. The molecule has 1 rings (SSSR count). The summed E-state index contributed by atoms with van der Waals surface area (Å²) in [5.41, 5.74) is 1.99. The van der Waals surface area contributed by atoms with E-state index < -0.39 is 0 Å². The van der Waals surface area contributed by atoms with Crippen LogP contribution >= 0.6 is 0 Å². The monoisotopic (exact) mass is 347 g/mol. The second-order valence-corrected chi connectivity index (χ2v) is 6.28. The topological polar surface area (TPSA) is 43.9 Å². The van der Waals surface area contributed by atoms with Crippen LogP contribution in [0.25, 0.3) is 0 Å². The molecule has 1 aromatic carbocycles. The van der Waals surface area contributed by atoms with Crippen molar-refractivity contribution in [3.8, 4) is 0 Å². The summed E-state index contributed by atoms with van der Waals surface area (Å²) >= 11 is 0. The van der Waals surface area contributed by atoms with Gasteiger partial charge in [0.25, 0.3) is 0 Å². The lowest BCUT2D eigenvalue weighted by atomic mass is 10.2. The maximum absolute atomic E-state index is 12.2. The molecule has 0 fully saturated rings. The van der Waals surface area contributed by atoms with Crippen molar-refractivity contribution in [2.75, 3.05) is 43.0 Å². The smallest absolute Gasteiger partial charge is 0.224 e. The quantitative estimate of drug-likeness (QED) is 0.650. The number of nitrogens with zero attached hydrogens (tertiary/aromatic N) is 3. The molecule has 0 aliphatic carbocycles. The first-order chi connectivity index (χ1) is 11.9. The lowest BCUT2D eigenvalue weighted by Crippen LogP contribution is -2.35. The van der Waals surface area contributed by atoms with Gasteiger partial charge >= 0.3 is 0 Å². The van der Waals surface area contributed by atoms with Crippen molar-refractivity contribution in [3.63, 3.8) is 0 Å². The third-order valence-electron chi connectivity index (χ3n) is 4.49. The number of hydrogen-bond donors (Lipinski definition) is 0. The summed E-state index contributed by atoms with van der Waals surface area (Å²) in [4.78, 5) is 29.9. The zero-order valence-corrected chi connectivity index (χ0v) is 16.4. The zero-order valence-electron chi connectivity index (χ0n) is 16.4. The average molecular weight is 348 g/mol. The van der Waals surface area contributed by atoms with Crippen LogP contribution in [0.1, 0.15) is 47.0 Å². The van der Waals surface area contributed by atoms with Crippen molar-refractivity contribution < 1.29 is 9.59 Å². The van der Waals surface area contributed by atoms with E-state index in [1.807, 2.05) is 31.3 Å². The highest BCUT2D eigenvalue weighted by Gasteiger charge is 2.15. The molecule has 0 aromatic heterocycles. The molecular weight excluding hydrogens is 314 g/mol. The van der Waals surface area contributed by atoms with E-state index in [0.29, 0.717) is 13.0 Å². The minimum atomic E-state index is -0.0420. The lowest BCUT2D eigenvalue weighted by molar-refractivity contribution is -0.129. The van der Waals surface area contributed by atoms with E-state index in [2.05, 4.69) is 25.7 Å². The minimum absolute atomic E-state index is 0.0420. The van der Waals surface area contributed by atoms with Gasteiger partial charge in [0, 0.05) is 57.9 Å². The van der Waals surface area contributed by atoms with Gasteiger partial charge in [0.1, 0.15) is 0 Å². The molecular formula is C20H33N3O2. The Bertz CT molecular complexity index is 538. The molecule has 1 aromatic rings. The molecule has 0 bridgehead atoms. The number of unbranched alkanes of at least 4 members (excludes halogenated alkanes) is 1. The first-order valence-corrected chi connectivity index (χ1v) is 9.31. The Morgan fingerprint density at radius 1 is 0.920 bits per heavy atom. The van der Waals surface area contributed by atoms with Gasteiger partial charge < -0.3 is 14.7 Å². The number of carbonyl (C=O) groups excluding carboxylic acids is 2. The van der Waals surface area contributed by atoms with Crippen LogP contribution in [0.4, 0.5) is 11.4 Å². The molecule has 0 atom stereocenters. The van der Waals surface area contributed by atoms with Gasteiger partial charge in [-0.05, 0) is 44.5 Å². The van der Waals surface area contributed by atoms with Crippen LogP contribution in [0.3, 0.4) is 0 Å². The molecule has 0 unspecified atom stereocenters. The van der Waals surface area contributed by atoms with Crippen molar-refractivity contribution >= 4 is 23.2 Å². The molecule has 5 nitrogen and oxygen atoms in total. The molecule has 0 saturated heterocycles. The first-order valence-electron chi connectivity index (χ1n) is 9.31. The summed E-state index contributed by atoms with van der Waals surface area (Å²) < 4.78 is 0. The fourth-order valence-electron chi connectivity index (χ4n) is 2.82. The molecule has 5 heteroatoms. The third kappa shape index (κ3) is 6.40. The van der Waals surface area contributed by atoms with E-state index in [-0.39, 0.29) is 11.8 Å². The van der Waals surface area contributed by atoms with Crippen molar-refractivity contribution in [1.82, 2.24) is 4.90 Å². The van der Waals surface area contributed by atoms with Crippen LogP contribution in [0.15, 0.2) is 24.3 Å². The Hall–Kier alpha value is -2.04. The molecule has 2 amide bonds. The summed E-state index contributed by atoms with van der Waals surface area (Å²) in [6, 6.07) is 7.99. The molecule has 25 heavy (non-hydrogen) atoms. The van der Waals surface area contributed by atoms with E-state index >= 15 is 0 Å². The molecule has 0 heterocycles. The standard InChI is InChI=1S/C20H33N3O2/c1-6-9-15-21(5)20(25)14-16-23(17(4)24)19-12-10-18(11-13-19)22(7-2)8-3/h10-13H,6-9,14-16H2,1-5H3. The zero-order chi connectivity index (χ0) is 18.8. The van der Waals surface area contributed by atoms with E-state index in [4.69, 9.17) is 0 Å². The molecule has 0 aliphatic rings. The van der Waals surface area contributed by atoms with Gasteiger partial charge in [0.2, 0.25) is 11.8 Å². The molecule has 0 saturated carbocycles. The van der Waals surface area contributed by atoms with Crippen molar-refractivity contribution in [1.29, 1.82) is 0 Å². The Balaban J connectivity index is 2.74. The second-order valence-electron chi connectivity index (χ2n) is 6.28. The van der Waals surface area contributed by atoms with Crippen LogP contribution in [0, 0.1) is 0 Å². The van der Waals surface area contributed by atoms with Gasteiger partial charge in [-0.15, -0.1) is 0 Å². The Morgan fingerprint density at radius 2 is 1.48 bits per heavy atom. The van der Waals surface area contributed by atoms with Gasteiger partial charge in [-0.25, -0.2) is 0 Å². The van der Waals surface area contributed by atoms with E-state index in [1.165, 1.54) is 0 Å². The normalized spacial score (nSPS) is 10.4. The van der Waals surface area contributed by atoms with Gasteiger partial charge in [-0.3, -0.25) is 9.59 Å². The van der Waals surface area contributed by atoms with Crippen LogP contribution in [0.5, 0.6) is 0 Å². The predicted octanol–water partition coefficient (Wildman–Crippen LogP) is 3.53. The Labute approximate surface area is 152 Å². The maximum atomic E-state index is 12.2. The summed E-state index contributed by atoms with van der Waals surface area (Å²) in [6.45, 7) is 11.0. The van der Waals surface area contributed by atoms with Crippen LogP contribution in [-0.4, -0.2) is 49.9 Å². The summed E-state index contributed by atoms with van der Waals surface area (Å²) in [5, 5.41) is 0. The summed E-state index contributed by atoms with van der Waals surface area (Å²) in [5.74, 6) is 0.0408. The second kappa shape index (κ2) is 10.7. The summed E-state index contributed by atoms with van der Waals surface area (Å²) in [6.07, 6.45) is 2.42. The summed E-state index contributed by atoms with van der Waals surface area (Å²) in [7, 11) is 1.83. The SMILES string of the molecule is CCCCN(C)C(=O)CCN(C(C)=O)c1ccc(N(CC)CC)cc1. The number of carbonyl (C=O) groups is 2. The highest BCUT2D eigenvalue weighted by molar-refractivity contribution is 5.92. The highest BCUT2D eigenvalue weighted by Crippen LogP contribution is 2.21. The van der Waals surface area contributed by atoms with Gasteiger partial charge in [0.15, 0.2) is 0 Å². The average Bonchev–Trinajstić information content (AvgIpc) is 2.61.